The Labute approximate surface area is 43.5 Å². The predicted molar refractivity (Wildman–Crippen MR) is 15.5 cm³/mol. The molecule has 0 rings (SSSR count). The zero-order valence-corrected chi connectivity index (χ0v) is 3.64. The van der Waals surface area contributed by atoms with Crippen LogP contribution in [0.1, 0.15) is 0 Å². The van der Waals surface area contributed by atoms with Gasteiger partial charge >= 0.3 is 0 Å². The summed E-state index contributed by atoms with van der Waals surface area (Å²) in [6, 6.07) is 0. The fourth-order valence-electron chi connectivity index (χ4n) is 0.0823. The second kappa shape index (κ2) is 6.72. The third-order valence-corrected chi connectivity index (χ3v) is 0.227. The van der Waals surface area contributed by atoms with Crippen molar-refractivity contribution < 1.29 is 35.4 Å². The quantitative estimate of drug-likeness (QED) is 0.228. The molecule has 0 bridgehead atoms. The van der Waals surface area contributed by atoms with Gasteiger partial charge in [0.2, 0.25) is 6.79 Å². The highest BCUT2D eigenvalue weighted by Gasteiger charge is 1.85. The summed E-state index contributed by atoms with van der Waals surface area (Å²) in [5.74, 6) is 0. The van der Waals surface area contributed by atoms with Gasteiger partial charge in [0.25, 0.3) is 0 Å². The average Bonchev–Trinajstić information content (AvgIpc) is 1.81. The van der Waals surface area contributed by atoms with Gasteiger partial charge in [-0.15, -0.1) is 0 Å². The lowest BCUT2D eigenvalue weighted by molar-refractivity contribution is -0.650. The van der Waals surface area contributed by atoms with Crippen LogP contribution in [0, 0.1) is 0 Å². The molecule has 0 unspecified atom stereocenters. The van der Waals surface area contributed by atoms with Gasteiger partial charge in [-0.25, -0.2) is 10.5 Å². The van der Waals surface area contributed by atoms with E-state index in [1.54, 1.807) is 0 Å². The van der Waals surface area contributed by atoms with E-state index < -0.39 is 6.79 Å². The standard InChI is InChI=1S/CH4O7/c2-6-4-1-5-8-7-3/h2-3H,1H2. The van der Waals surface area contributed by atoms with Gasteiger partial charge in [-0.3, -0.25) is 0 Å². The van der Waals surface area contributed by atoms with Crippen molar-refractivity contribution in [2.75, 3.05) is 6.79 Å². The van der Waals surface area contributed by atoms with E-state index in [1.165, 1.54) is 0 Å². The molecule has 7 nitrogen and oxygen atoms in total. The Balaban J connectivity index is 2.53. The lowest BCUT2D eigenvalue weighted by Gasteiger charge is -1.93. The summed E-state index contributed by atoms with van der Waals surface area (Å²) in [7, 11) is 0. The Morgan fingerprint density at radius 3 is 2.25 bits per heavy atom. The Hall–Kier alpha value is -0.280. The lowest BCUT2D eigenvalue weighted by atomic mass is 11.5. The molecule has 0 aromatic carbocycles. The van der Waals surface area contributed by atoms with Crippen LogP contribution in [0.3, 0.4) is 0 Å². The van der Waals surface area contributed by atoms with Gasteiger partial charge in [0.05, 0.1) is 0 Å². The normalized spacial score (nSPS) is 9.75. The van der Waals surface area contributed by atoms with E-state index >= 15 is 0 Å². The van der Waals surface area contributed by atoms with Crippen LogP contribution in [-0.2, 0) is 24.9 Å². The van der Waals surface area contributed by atoms with Crippen molar-refractivity contribution in [1.82, 2.24) is 0 Å². The van der Waals surface area contributed by atoms with E-state index in [4.69, 9.17) is 10.5 Å². The highest BCUT2D eigenvalue weighted by atomic mass is 17.7. The predicted octanol–water partition coefficient (Wildman–Crippen LogP) is -0.282. The molecule has 0 atom stereocenters. The smallest absolute Gasteiger partial charge is 0.221 e. The molecule has 0 aromatic rings. The fourth-order valence-corrected chi connectivity index (χ4v) is 0.0823. The van der Waals surface area contributed by atoms with Gasteiger partial charge in [-0.1, -0.05) is 5.04 Å². The second-order valence-electron chi connectivity index (χ2n) is 0.571. The summed E-state index contributed by atoms with van der Waals surface area (Å²) < 4.78 is 0. The maximum Gasteiger partial charge on any atom is 0.221 e. The van der Waals surface area contributed by atoms with Crippen LogP contribution < -0.4 is 0 Å². The molecule has 0 spiro atoms. The van der Waals surface area contributed by atoms with E-state index in [0.29, 0.717) is 0 Å². The van der Waals surface area contributed by atoms with Crippen LogP contribution in [0.4, 0.5) is 0 Å². The molecule has 0 aliphatic carbocycles. The second-order valence-corrected chi connectivity index (χ2v) is 0.571. The molecule has 0 aromatic heterocycles. The minimum absolute atomic E-state index is 0.531. The maximum atomic E-state index is 7.40. The summed E-state index contributed by atoms with van der Waals surface area (Å²) in [5, 5.41) is 24.1. The number of hydrogen-bond donors (Lipinski definition) is 2. The molecule has 0 amide bonds. The van der Waals surface area contributed by atoms with Crippen LogP contribution in [0.5, 0.6) is 0 Å². The molecular weight excluding hydrogens is 124 g/mol. The third kappa shape index (κ3) is 5.72. The van der Waals surface area contributed by atoms with Crippen molar-refractivity contribution >= 4 is 0 Å². The van der Waals surface area contributed by atoms with E-state index in [1.807, 2.05) is 0 Å². The summed E-state index contributed by atoms with van der Waals surface area (Å²) in [6.45, 7) is -0.531. The van der Waals surface area contributed by atoms with Gasteiger partial charge in [0, 0.05) is 0 Å². The molecule has 0 radical (unpaired) electrons. The van der Waals surface area contributed by atoms with Gasteiger partial charge in [-0.05, 0) is 10.1 Å². The monoisotopic (exact) mass is 128 g/mol. The van der Waals surface area contributed by atoms with Gasteiger partial charge < -0.3 is 0 Å². The van der Waals surface area contributed by atoms with E-state index in [9.17, 15) is 0 Å². The summed E-state index contributed by atoms with van der Waals surface area (Å²) in [4.78, 5) is 7.40. The van der Waals surface area contributed by atoms with Crippen LogP contribution in [0.15, 0.2) is 0 Å². The van der Waals surface area contributed by atoms with E-state index in [2.05, 4.69) is 24.9 Å². The summed E-state index contributed by atoms with van der Waals surface area (Å²) >= 11 is 0. The first-order valence-electron chi connectivity index (χ1n) is 1.44. The minimum atomic E-state index is -0.531. The van der Waals surface area contributed by atoms with Crippen molar-refractivity contribution in [3.8, 4) is 0 Å². The Kier molecular flexibility index (Phi) is 6.48. The average molecular weight is 128 g/mol. The zero-order valence-electron chi connectivity index (χ0n) is 3.64. The van der Waals surface area contributed by atoms with Crippen LogP contribution in [-0.4, -0.2) is 17.3 Å². The van der Waals surface area contributed by atoms with Gasteiger partial charge in [0.15, 0.2) is 0 Å². The van der Waals surface area contributed by atoms with Crippen molar-refractivity contribution in [1.29, 1.82) is 0 Å². The molecule has 0 saturated heterocycles. The van der Waals surface area contributed by atoms with Crippen LogP contribution in [0.25, 0.3) is 0 Å². The van der Waals surface area contributed by atoms with Crippen LogP contribution in [0.2, 0.25) is 0 Å². The highest BCUT2D eigenvalue weighted by Crippen LogP contribution is 1.78. The largest absolute Gasteiger partial charge is 0.221 e. The summed E-state index contributed by atoms with van der Waals surface area (Å²) in [5.41, 5.74) is 0. The third-order valence-electron chi connectivity index (χ3n) is 0.227. The number of rotatable bonds is 5. The first kappa shape index (κ1) is 7.72. The van der Waals surface area contributed by atoms with Crippen molar-refractivity contribution in [2.24, 2.45) is 0 Å². The Morgan fingerprint density at radius 1 is 1.00 bits per heavy atom. The molecule has 0 saturated carbocycles. The molecule has 0 heterocycles. The Morgan fingerprint density at radius 2 is 1.75 bits per heavy atom. The Bertz CT molecular complexity index is 29.4. The SMILES string of the molecule is OOOCOOOO. The molecule has 0 fully saturated rings. The molecule has 50 valence electrons. The fraction of sp³-hybridized carbons (Fsp3) is 1.00. The molecule has 8 heavy (non-hydrogen) atoms. The first-order chi connectivity index (χ1) is 3.91. The zero-order chi connectivity index (χ0) is 6.24. The van der Waals surface area contributed by atoms with E-state index in [0.717, 1.165) is 0 Å². The molecule has 0 aliphatic heterocycles. The van der Waals surface area contributed by atoms with Gasteiger partial charge in [-0.2, -0.15) is 9.78 Å². The van der Waals surface area contributed by atoms with E-state index in [-0.39, 0.29) is 0 Å². The minimum Gasteiger partial charge on any atom is -0.221 e. The molecule has 7 heteroatoms. The van der Waals surface area contributed by atoms with Crippen molar-refractivity contribution in [2.45, 2.75) is 0 Å². The highest BCUT2D eigenvalue weighted by molar-refractivity contribution is 3.69. The lowest BCUT2D eigenvalue weighted by Crippen LogP contribution is -1.99. The first-order valence-corrected chi connectivity index (χ1v) is 1.44. The molecular formula is CH4O7. The molecule has 0 aliphatic rings. The van der Waals surface area contributed by atoms with Crippen molar-refractivity contribution in [3.05, 3.63) is 0 Å². The number of hydrogen-bond acceptors (Lipinski definition) is 7. The van der Waals surface area contributed by atoms with Gasteiger partial charge in [0.1, 0.15) is 0 Å². The summed E-state index contributed by atoms with van der Waals surface area (Å²) in [6.07, 6.45) is 0. The van der Waals surface area contributed by atoms with Crippen LogP contribution >= 0.6 is 0 Å². The maximum absolute atomic E-state index is 7.40. The molecule has 2 N–H and O–H groups in total. The topological polar surface area (TPSA) is 86.6 Å². The van der Waals surface area contributed by atoms with Crippen molar-refractivity contribution in [3.63, 3.8) is 0 Å².